The lowest BCUT2D eigenvalue weighted by molar-refractivity contribution is -0.127. The van der Waals surface area contributed by atoms with Crippen molar-refractivity contribution in [2.75, 3.05) is 13.2 Å². The number of likely N-dealkylation sites (tertiary alicyclic amines) is 1. The second-order valence-corrected chi connectivity index (χ2v) is 6.32. The normalized spacial score (nSPS) is 17.6. The van der Waals surface area contributed by atoms with Gasteiger partial charge in [0.2, 0.25) is 5.91 Å². The van der Waals surface area contributed by atoms with E-state index >= 15 is 0 Å². The van der Waals surface area contributed by atoms with Crippen LogP contribution in [0.4, 0.5) is 4.39 Å². The molecule has 1 fully saturated rings. The van der Waals surface area contributed by atoms with Crippen LogP contribution in [-0.4, -0.2) is 44.9 Å². The molecule has 0 bridgehead atoms. The molecule has 0 saturated carbocycles. The number of aliphatic hydroxyl groups is 1. The molecule has 1 amide bonds. The highest BCUT2D eigenvalue weighted by molar-refractivity contribution is 5.92. The molecule has 2 aromatic rings. The van der Waals surface area contributed by atoms with Crippen molar-refractivity contribution in [1.82, 2.24) is 14.7 Å². The summed E-state index contributed by atoms with van der Waals surface area (Å²) in [6, 6.07) is 6.05. The van der Waals surface area contributed by atoms with E-state index in [1.807, 2.05) is 13.8 Å². The predicted molar refractivity (Wildman–Crippen MR) is 93.9 cm³/mol. The minimum Gasteiger partial charge on any atom is -0.394 e. The van der Waals surface area contributed by atoms with E-state index in [0.717, 1.165) is 35.5 Å². The lowest BCUT2D eigenvalue weighted by Crippen LogP contribution is -2.36. The van der Waals surface area contributed by atoms with Gasteiger partial charge in [-0.3, -0.25) is 4.79 Å². The van der Waals surface area contributed by atoms with Crippen LogP contribution in [0.5, 0.6) is 0 Å². The van der Waals surface area contributed by atoms with Gasteiger partial charge < -0.3 is 10.0 Å². The first-order chi connectivity index (χ1) is 12.0. The molecule has 5 nitrogen and oxygen atoms in total. The van der Waals surface area contributed by atoms with Crippen molar-refractivity contribution in [1.29, 1.82) is 0 Å². The van der Waals surface area contributed by atoms with Gasteiger partial charge in [0.05, 0.1) is 24.0 Å². The number of aryl methyl sites for hydroxylation is 1. The van der Waals surface area contributed by atoms with E-state index < -0.39 is 0 Å². The van der Waals surface area contributed by atoms with Crippen LogP contribution >= 0.6 is 0 Å². The van der Waals surface area contributed by atoms with Gasteiger partial charge in [-0.1, -0.05) is 0 Å². The first-order valence-electron chi connectivity index (χ1n) is 8.43. The number of amides is 1. The molecule has 1 saturated heterocycles. The third kappa shape index (κ3) is 3.49. The Morgan fingerprint density at radius 2 is 2.08 bits per heavy atom. The predicted octanol–water partition coefficient (Wildman–Crippen LogP) is 2.62. The van der Waals surface area contributed by atoms with E-state index in [1.54, 1.807) is 33.9 Å². The van der Waals surface area contributed by atoms with E-state index in [0.29, 0.717) is 6.54 Å². The van der Waals surface area contributed by atoms with Crippen molar-refractivity contribution < 1.29 is 14.3 Å². The maximum absolute atomic E-state index is 13.1. The fourth-order valence-electron chi connectivity index (χ4n) is 3.30. The molecule has 1 aromatic heterocycles. The Morgan fingerprint density at radius 3 is 2.76 bits per heavy atom. The highest BCUT2D eigenvalue weighted by Crippen LogP contribution is 2.21. The first-order valence-corrected chi connectivity index (χ1v) is 8.43. The summed E-state index contributed by atoms with van der Waals surface area (Å²) in [5, 5.41) is 13.8. The van der Waals surface area contributed by atoms with Crippen LogP contribution in [0.3, 0.4) is 0 Å². The number of halogens is 1. The zero-order valence-corrected chi connectivity index (χ0v) is 14.4. The number of aliphatic hydroxyl groups excluding tert-OH is 1. The topological polar surface area (TPSA) is 58.4 Å². The average Bonchev–Trinajstić information content (AvgIpc) is 3.19. The molecule has 0 aliphatic carbocycles. The summed E-state index contributed by atoms with van der Waals surface area (Å²) in [4.78, 5) is 14.1. The summed E-state index contributed by atoms with van der Waals surface area (Å²) in [6.45, 7) is 4.48. The largest absolute Gasteiger partial charge is 0.394 e. The summed E-state index contributed by atoms with van der Waals surface area (Å²) >= 11 is 0. The fourth-order valence-corrected chi connectivity index (χ4v) is 3.30. The van der Waals surface area contributed by atoms with Crippen LogP contribution in [0.15, 0.2) is 30.3 Å². The van der Waals surface area contributed by atoms with Crippen LogP contribution < -0.4 is 0 Å². The van der Waals surface area contributed by atoms with Crippen molar-refractivity contribution in [3.8, 4) is 5.69 Å². The van der Waals surface area contributed by atoms with Crippen molar-refractivity contribution in [3.05, 3.63) is 53.1 Å². The second kappa shape index (κ2) is 7.19. The summed E-state index contributed by atoms with van der Waals surface area (Å²) in [5.74, 6) is -0.384. The monoisotopic (exact) mass is 343 g/mol. The molecule has 1 aliphatic rings. The Kier molecular flexibility index (Phi) is 4.99. The van der Waals surface area contributed by atoms with E-state index in [1.165, 1.54) is 12.1 Å². The van der Waals surface area contributed by atoms with E-state index in [2.05, 4.69) is 5.10 Å². The maximum atomic E-state index is 13.1. The summed E-state index contributed by atoms with van der Waals surface area (Å²) in [7, 11) is 0. The Labute approximate surface area is 146 Å². The fraction of sp³-hybridized carbons (Fsp3) is 0.368. The number of aromatic nitrogens is 2. The van der Waals surface area contributed by atoms with E-state index in [9.17, 15) is 14.3 Å². The quantitative estimate of drug-likeness (QED) is 0.868. The lowest BCUT2D eigenvalue weighted by Gasteiger charge is -2.21. The van der Waals surface area contributed by atoms with Crippen molar-refractivity contribution in [3.63, 3.8) is 0 Å². The molecule has 1 atom stereocenters. The highest BCUT2D eigenvalue weighted by Gasteiger charge is 2.26. The molecule has 0 unspecified atom stereocenters. The highest BCUT2D eigenvalue weighted by atomic mass is 19.1. The number of hydrogen-bond acceptors (Lipinski definition) is 3. The molecule has 1 aromatic carbocycles. The van der Waals surface area contributed by atoms with Crippen molar-refractivity contribution in [2.45, 2.75) is 32.7 Å². The molecule has 25 heavy (non-hydrogen) atoms. The Hall–Kier alpha value is -2.47. The van der Waals surface area contributed by atoms with Gasteiger partial charge >= 0.3 is 0 Å². The van der Waals surface area contributed by atoms with Crippen molar-refractivity contribution in [2.24, 2.45) is 0 Å². The Bertz CT molecular complexity index is 796. The molecule has 1 aliphatic heterocycles. The number of nitrogens with zero attached hydrogens (tertiary/aromatic N) is 3. The number of benzene rings is 1. The smallest absolute Gasteiger partial charge is 0.246 e. The SMILES string of the molecule is Cc1nn(-c2ccc(F)cc2)c(C)c1/C=C/C(=O)N1CCC[C@@H]1CO. The summed E-state index contributed by atoms with van der Waals surface area (Å²) < 4.78 is 14.8. The van der Waals surface area contributed by atoms with Crippen molar-refractivity contribution >= 4 is 12.0 Å². The molecule has 6 heteroatoms. The van der Waals surface area contributed by atoms with Crippen LogP contribution in [0.2, 0.25) is 0 Å². The van der Waals surface area contributed by atoms with Gasteiger partial charge in [0.15, 0.2) is 0 Å². The third-order valence-corrected chi connectivity index (χ3v) is 4.68. The van der Waals surface area contributed by atoms with Crippen LogP contribution in [-0.2, 0) is 4.79 Å². The van der Waals surface area contributed by atoms with Crippen LogP contribution in [0.25, 0.3) is 11.8 Å². The summed E-state index contributed by atoms with van der Waals surface area (Å²) in [6.07, 6.45) is 5.08. The second-order valence-electron chi connectivity index (χ2n) is 6.32. The minimum absolute atomic E-state index is 0.000134. The molecule has 132 valence electrons. The van der Waals surface area contributed by atoms with Crippen LogP contribution in [0.1, 0.15) is 29.8 Å². The summed E-state index contributed by atoms with van der Waals surface area (Å²) in [5.41, 5.74) is 3.32. The number of carbonyl (C=O) groups is 1. The van der Waals surface area contributed by atoms with E-state index in [-0.39, 0.29) is 24.4 Å². The maximum Gasteiger partial charge on any atom is 0.246 e. The lowest BCUT2D eigenvalue weighted by atomic mass is 10.1. The molecule has 3 rings (SSSR count). The van der Waals surface area contributed by atoms with Gasteiger partial charge in [0.25, 0.3) is 0 Å². The van der Waals surface area contributed by atoms with Gasteiger partial charge in [-0.05, 0) is 57.0 Å². The minimum atomic E-state index is -0.292. The van der Waals surface area contributed by atoms with Gasteiger partial charge in [-0.15, -0.1) is 0 Å². The average molecular weight is 343 g/mol. The standard InChI is InChI=1S/C19H22FN3O2/c1-13-18(9-10-19(25)22-11-3-4-17(22)12-24)14(2)23(21-13)16-7-5-15(20)6-8-16/h5-10,17,24H,3-4,11-12H2,1-2H3/b10-9+/t17-/m1/s1. The number of carbonyl (C=O) groups excluding carboxylic acids is 1. The van der Waals surface area contributed by atoms with Gasteiger partial charge in [-0.2, -0.15) is 5.10 Å². The molecular weight excluding hydrogens is 321 g/mol. The molecule has 1 N–H and O–H groups in total. The van der Waals surface area contributed by atoms with Crippen LogP contribution in [0, 0.1) is 19.7 Å². The van der Waals surface area contributed by atoms with Gasteiger partial charge in [-0.25, -0.2) is 9.07 Å². The first kappa shape index (κ1) is 17.4. The Morgan fingerprint density at radius 1 is 1.36 bits per heavy atom. The van der Waals surface area contributed by atoms with Gasteiger partial charge in [0.1, 0.15) is 5.82 Å². The molecule has 2 heterocycles. The number of rotatable bonds is 4. The molecule has 0 radical (unpaired) electrons. The molecule has 0 spiro atoms. The van der Waals surface area contributed by atoms with E-state index in [4.69, 9.17) is 0 Å². The zero-order chi connectivity index (χ0) is 18.0. The molecular formula is C19H22FN3O2. The Balaban J connectivity index is 1.83. The zero-order valence-electron chi connectivity index (χ0n) is 14.4. The third-order valence-electron chi connectivity index (χ3n) is 4.68. The van der Waals surface area contributed by atoms with Gasteiger partial charge in [0, 0.05) is 23.9 Å². The number of hydrogen-bond donors (Lipinski definition) is 1.